The number of aromatic nitrogens is 2. The number of carbonyl (C=O) groups is 1. The lowest BCUT2D eigenvalue weighted by atomic mass is 9.87. The first kappa shape index (κ1) is 21.5. The van der Waals surface area contributed by atoms with Gasteiger partial charge in [-0.1, -0.05) is 39.8 Å². The fraction of sp³-hybridized carbons (Fsp3) is 0.579. The van der Waals surface area contributed by atoms with E-state index in [1.54, 1.807) is 22.4 Å². The topological polar surface area (TPSA) is 91.3 Å². The molecule has 0 radical (unpaired) electrons. The van der Waals surface area contributed by atoms with Crippen LogP contribution in [0.3, 0.4) is 0 Å². The van der Waals surface area contributed by atoms with Crippen LogP contribution in [-0.4, -0.2) is 46.1 Å². The maximum Gasteiger partial charge on any atom is 0.337 e. The minimum Gasteiger partial charge on any atom is -0.364 e. The van der Waals surface area contributed by atoms with Gasteiger partial charge >= 0.3 is 11.7 Å². The summed E-state index contributed by atoms with van der Waals surface area (Å²) in [6.45, 7) is 9.03. The molecule has 1 atom stereocenters. The summed E-state index contributed by atoms with van der Waals surface area (Å²) in [7, 11) is 0. The van der Waals surface area contributed by atoms with Gasteiger partial charge in [0.1, 0.15) is 0 Å². The fourth-order valence-corrected chi connectivity index (χ4v) is 3.43. The zero-order valence-electron chi connectivity index (χ0n) is 16.5. The van der Waals surface area contributed by atoms with Crippen molar-refractivity contribution in [3.8, 4) is 0 Å². The van der Waals surface area contributed by atoms with Crippen LogP contribution in [0, 0.1) is 5.41 Å². The number of benzene rings is 1. The molecule has 0 aliphatic carbocycles. The monoisotopic (exact) mass is 394 g/mol. The van der Waals surface area contributed by atoms with E-state index in [9.17, 15) is 9.59 Å². The Labute approximate surface area is 164 Å². The van der Waals surface area contributed by atoms with Crippen LogP contribution in [0.2, 0.25) is 0 Å². The molecule has 27 heavy (non-hydrogen) atoms. The molecule has 2 aromatic rings. The summed E-state index contributed by atoms with van der Waals surface area (Å²) in [6.07, 6.45) is 0. The van der Waals surface area contributed by atoms with E-state index < -0.39 is 6.03 Å². The zero-order chi connectivity index (χ0) is 20.0. The predicted octanol–water partition coefficient (Wildman–Crippen LogP) is 2.46. The second kappa shape index (κ2) is 9.43. The number of hydrogen-bond acceptors (Lipinski definition) is 5. The Balaban J connectivity index is 2.37. The summed E-state index contributed by atoms with van der Waals surface area (Å²) in [5.41, 5.74) is 6.23. The molecular weight excluding hydrogens is 364 g/mol. The highest BCUT2D eigenvalue weighted by Gasteiger charge is 2.28. The third kappa shape index (κ3) is 5.15. The van der Waals surface area contributed by atoms with Crippen molar-refractivity contribution in [2.45, 2.75) is 40.3 Å². The Kier molecular flexibility index (Phi) is 7.52. The molecule has 0 spiro atoms. The average Bonchev–Trinajstić information content (AvgIpc) is 2.89. The first-order valence-corrected chi connectivity index (χ1v) is 10.3. The molecule has 1 aromatic carbocycles. The zero-order valence-corrected chi connectivity index (χ0v) is 17.3. The molecule has 0 fully saturated rings. The first-order chi connectivity index (χ1) is 12.8. The van der Waals surface area contributed by atoms with Crippen LogP contribution in [0.5, 0.6) is 0 Å². The van der Waals surface area contributed by atoms with E-state index >= 15 is 0 Å². The number of fused-ring (bicyclic) bond motifs is 1. The van der Waals surface area contributed by atoms with Gasteiger partial charge in [0.05, 0.1) is 30.4 Å². The highest BCUT2D eigenvalue weighted by Crippen LogP contribution is 2.20. The normalized spacial score (nSPS) is 13.1. The van der Waals surface area contributed by atoms with Crippen LogP contribution in [-0.2, 0) is 11.3 Å². The summed E-state index contributed by atoms with van der Waals surface area (Å²) in [5, 5.41) is 2.95. The summed E-state index contributed by atoms with van der Waals surface area (Å²) < 4.78 is 8.20. The second-order valence-corrected chi connectivity index (χ2v) is 8.75. The van der Waals surface area contributed by atoms with Crippen molar-refractivity contribution in [3.05, 3.63) is 34.7 Å². The van der Waals surface area contributed by atoms with Crippen molar-refractivity contribution < 1.29 is 9.53 Å². The molecule has 1 aromatic heterocycles. The smallest absolute Gasteiger partial charge is 0.337 e. The number of nitrogens with one attached hydrogen (secondary N) is 1. The number of rotatable bonds is 8. The molecule has 0 aliphatic rings. The van der Waals surface area contributed by atoms with Gasteiger partial charge in [-0.3, -0.25) is 4.57 Å². The van der Waals surface area contributed by atoms with E-state index in [1.807, 2.05) is 39.0 Å². The van der Waals surface area contributed by atoms with Crippen LogP contribution < -0.4 is 16.7 Å². The molecule has 7 nitrogen and oxygen atoms in total. The number of para-hydroxylation sites is 2. The number of ether oxygens (including phenoxy) is 1. The van der Waals surface area contributed by atoms with E-state index in [2.05, 4.69) is 12.2 Å². The maximum absolute atomic E-state index is 13.0. The molecule has 0 bridgehead atoms. The van der Waals surface area contributed by atoms with Gasteiger partial charge in [0.2, 0.25) is 0 Å². The molecule has 0 unspecified atom stereocenters. The summed E-state index contributed by atoms with van der Waals surface area (Å²) in [6, 6.07) is 6.64. The molecule has 3 N–H and O–H groups in total. The quantitative estimate of drug-likeness (QED) is 0.530. The average molecular weight is 395 g/mol. The molecule has 1 amide bonds. The molecule has 0 saturated heterocycles. The Bertz CT molecular complexity index is 822. The van der Waals surface area contributed by atoms with Gasteiger partial charge in [0.25, 0.3) is 0 Å². The minimum atomic E-state index is -0.446. The van der Waals surface area contributed by atoms with Crippen LogP contribution in [0.15, 0.2) is 29.1 Å². The first-order valence-electron chi connectivity index (χ1n) is 9.18. The number of amides is 1. The van der Waals surface area contributed by atoms with Crippen molar-refractivity contribution in [1.29, 1.82) is 0 Å². The van der Waals surface area contributed by atoms with Crippen LogP contribution >= 0.6 is 11.8 Å². The fourth-order valence-electron chi connectivity index (χ4n) is 2.83. The van der Waals surface area contributed by atoms with Crippen molar-refractivity contribution in [1.82, 2.24) is 14.5 Å². The van der Waals surface area contributed by atoms with Crippen LogP contribution in [0.1, 0.15) is 27.7 Å². The van der Waals surface area contributed by atoms with E-state index in [1.165, 1.54) is 4.57 Å². The Hall–Kier alpha value is -1.77. The van der Waals surface area contributed by atoms with E-state index in [-0.39, 0.29) is 30.5 Å². The molecular formula is C19H30N4O3S. The van der Waals surface area contributed by atoms with Crippen molar-refractivity contribution in [2.75, 3.05) is 24.8 Å². The number of hydrogen-bond donors (Lipinski definition) is 2. The molecule has 8 heteroatoms. The number of carbonyl (C=O) groups excluding carboxylic acids is 1. The highest BCUT2D eigenvalue weighted by atomic mass is 32.2. The SMILES string of the molecule is CCSCCn1c(=O)n(C(=O)N[C@H](COCN)C(C)(C)C)c2ccccc21. The lowest BCUT2D eigenvalue weighted by molar-refractivity contribution is 0.0829. The summed E-state index contributed by atoms with van der Waals surface area (Å²) >= 11 is 1.76. The second-order valence-electron chi connectivity index (χ2n) is 7.36. The summed E-state index contributed by atoms with van der Waals surface area (Å²) in [5.74, 6) is 1.81. The van der Waals surface area contributed by atoms with Crippen molar-refractivity contribution in [3.63, 3.8) is 0 Å². The number of aryl methyl sites for hydroxylation is 1. The Morgan fingerprint density at radius 2 is 1.96 bits per heavy atom. The van der Waals surface area contributed by atoms with Gasteiger partial charge in [-0.15, -0.1) is 0 Å². The lowest BCUT2D eigenvalue weighted by Gasteiger charge is -2.31. The Morgan fingerprint density at radius 3 is 2.56 bits per heavy atom. The van der Waals surface area contributed by atoms with Gasteiger partial charge in [0.15, 0.2) is 0 Å². The highest BCUT2D eigenvalue weighted by molar-refractivity contribution is 7.99. The molecule has 0 aliphatic heterocycles. The van der Waals surface area contributed by atoms with Crippen LogP contribution in [0.25, 0.3) is 11.0 Å². The van der Waals surface area contributed by atoms with Gasteiger partial charge in [0, 0.05) is 12.3 Å². The predicted molar refractivity (Wildman–Crippen MR) is 111 cm³/mol. The third-order valence-corrected chi connectivity index (χ3v) is 5.33. The molecule has 2 rings (SSSR count). The van der Waals surface area contributed by atoms with Gasteiger partial charge in [-0.05, 0) is 23.3 Å². The lowest BCUT2D eigenvalue weighted by Crippen LogP contribution is -2.50. The summed E-state index contributed by atoms with van der Waals surface area (Å²) in [4.78, 5) is 26.0. The molecule has 1 heterocycles. The Morgan fingerprint density at radius 1 is 1.30 bits per heavy atom. The largest absolute Gasteiger partial charge is 0.364 e. The number of imidazole rings is 1. The van der Waals surface area contributed by atoms with E-state index in [4.69, 9.17) is 10.5 Å². The van der Waals surface area contributed by atoms with E-state index in [0.717, 1.165) is 17.0 Å². The van der Waals surface area contributed by atoms with E-state index in [0.29, 0.717) is 12.1 Å². The van der Waals surface area contributed by atoms with Gasteiger partial charge < -0.3 is 15.8 Å². The molecule has 150 valence electrons. The van der Waals surface area contributed by atoms with Gasteiger partial charge in [-0.2, -0.15) is 11.8 Å². The maximum atomic E-state index is 13.0. The van der Waals surface area contributed by atoms with Gasteiger partial charge in [-0.25, -0.2) is 14.2 Å². The van der Waals surface area contributed by atoms with Crippen LogP contribution in [0.4, 0.5) is 4.79 Å². The number of nitrogens with zero attached hydrogens (tertiary/aromatic N) is 2. The number of thioether (sulfide) groups is 1. The standard InChI is InChI=1S/C19H30N4O3S/c1-5-27-11-10-22-14-8-6-7-9-15(14)23(18(22)25)17(24)21-16(12-26-13-20)19(2,3)4/h6-9,16H,5,10-13,20H2,1-4H3,(H,21,24)/t16-/m1/s1. The molecule has 0 saturated carbocycles. The minimum absolute atomic E-state index is 0.0802. The number of nitrogens with two attached hydrogens (primary N) is 1. The van der Waals surface area contributed by atoms with Crippen molar-refractivity contribution >= 4 is 28.8 Å². The van der Waals surface area contributed by atoms with Crippen molar-refractivity contribution in [2.24, 2.45) is 11.1 Å². The third-order valence-electron chi connectivity index (χ3n) is 4.45.